The van der Waals surface area contributed by atoms with Crippen LogP contribution in [-0.2, 0) is 0 Å². The minimum Gasteiger partial charge on any atom is -0.454 e. The van der Waals surface area contributed by atoms with Crippen LogP contribution in [0.25, 0.3) is 0 Å². The zero-order valence-electron chi connectivity index (χ0n) is 13.5. The average molecular weight is 348 g/mol. The number of anilines is 1. The van der Waals surface area contributed by atoms with Crippen LogP contribution in [0.5, 0.6) is 11.5 Å². The fourth-order valence-corrected chi connectivity index (χ4v) is 4.02. The van der Waals surface area contributed by atoms with Gasteiger partial charge in [0.05, 0.1) is 22.3 Å². The van der Waals surface area contributed by atoms with Gasteiger partial charge in [-0.1, -0.05) is 30.3 Å². The molecule has 0 fully saturated rings. The highest BCUT2D eigenvalue weighted by molar-refractivity contribution is 7.12. The third kappa shape index (κ3) is 2.57. The van der Waals surface area contributed by atoms with Crippen molar-refractivity contribution in [2.24, 2.45) is 5.10 Å². The average Bonchev–Trinajstić information content (AvgIpc) is 3.40. The van der Waals surface area contributed by atoms with Crippen molar-refractivity contribution < 1.29 is 9.47 Å². The van der Waals surface area contributed by atoms with Crippen molar-refractivity contribution in [3.8, 4) is 11.5 Å². The summed E-state index contributed by atoms with van der Waals surface area (Å²) in [4.78, 5) is 1.23. The maximum Gasteiger partial charge on any atom is 0.231 e. The standard InChI is InChI=1S/C20H16N2O2S/c1-2-5-15(6-3-1)22-17(12-16(21-22)20-7-4-10-25-20)14-8-9-18-19(11-14)24-13-23-18/h1-11,17H,12-13H2. The molecule has 1 aromatic heterocycles. The van der Waals surface area contributed by atoms with Crippen molar-refractivity contribution in [3.63, 3.8) is 0 Å². The van der Waals surface area contributed by atoms with Gasteiger partial charge in [0.2, 0.25) is 6.79 Å². The molecule has 0 amide bonds. The van der Waals surface area contributed by atoms with Crippen molar-refractivity contribution in [1.82, 2.24) is 0 Å². The van der Waals surface area contributed by atoms with E-state index in [2.05, 4.69) is 46.8 Å². The highest BCUT2D eigenvalue weighted by Gasteiger charge is 2.31. The zero-order valence-corrected chi connectivity index (χ0v) is 14.3. The molecule has 0 N–H and O–H groups in total. The van der Waals surface area contributed by atoms with Gasteiger partial charge in [0.15, 0.2) is 11.5 Å². The molecule has 124 valence electrons. The van der Waals surface area contributed by atoms with Crippen LogP contribution in [0, 0.1) is 0 Å². The number of hydrogen-bond acceptors (Lipinski definition) is 5. The van der Waals surface area contributed by atoms with Crippen LogP contribution in [0.3, 0.4) is 0 Å². The van der Waals surface area contributed by atoms with E-state index in [0.717, 1.165) is 29.3 Å². The van der Waals surface area contributed by atoms with Crippen molar-refractivity contribution in [1.29, 1.82) is 0 Å². The van der Waals surface area contributed by atoms with Crippen LogP contribution in [0.1, 0.15) is 22.9 Å². The first-order chi connectivity index (χ1) is 12.4. The predicted octanol–water partition coefficient (Wildman–Crippen LogP) is 4.83. The first kappa shape index (κ1) is 14.5. The Morgan fingerprint density at radius 1 is 0.960 bits per heavy atom. The molecule has 3 aromatic rings. The summed E-state index contributed by atoms with van der Waals surface area (Å²) >= 11 is 1.73. The Morgan fingerprint density at radius 2 is 1.84 bits per heavy atom. The van der Waals surface area contributed by atoms with E-state index in [4.69, 9.17) is 14.6 Å². The third-order valence-electron chi connectivity index (χ3n) is 4.52. The molecule has 0 radical (unpaired) electrons. The van der Waals surface area contributed by atoms with Crippen LogP contribution < -0.4 is 14.5 Å². The number of para-hydroxylation sites is 1. The van der Waals surface area contributed by atoms with E-state index >= 15 is 0 Å². The number of hydrogen-bond donors (Lipinski definition) is 0. The molecule has 25 heavy (non-hydrogen) atoms. The Hall–Kier alpha value is -2.79. The maximum absolute atomic E-state index is 5.56. The molecule has 4 nitrogen and oxygen atoms in total. The molecule has 5 heteroatoms. The molecule has 0 saturated heterocycles. The topological polar surface area (TPSA) is 34.1 Å². The maximum atomic E-state index is 5.56. The van der Waals surface area contributed by atoms with Gasteiger partial charge in [-0.05, 0) is 41.3 Å². The van der Waals surface area contributed by atoms with E-state index in [-0.39, 0.29) is 6.04 Å². The summed E-state index contributed by atoms with van der Waals surface area (Å²) in [5, 5.41) is 9.15. The number of ether oxygens (including phenoxy) is 2. The van der Waals surface area contributed by atoms with E-state index in [1.807, 2.05) is 24.3 Å². The van der Waals surface area contributed by atoms with Gasteiger partial charge < -0.3 is 9.47 Å². The SMILES string of the molecule is c1ccc(N2N=C(c3cccs3)CC2c2ccc3c(c2)OCO3)cc1. The summed E-state index contributed by atoms with van der Waals surface area (Å²) in [5.41, 5.74) is 3.40. The summed E-state index contributed by atoms with van der Waals surface area (Å²) in [6, 6.07) is 20.9. The van der Waals surface area contributed by atoms with Gasteiger partial charge in [0.1, 0.15) is 0 Å². The molecule has 2 aliphatic heterocycles. The van der Waals surface area contributed by atoms with Gasteiger partial charge in [0.25, 0.3) is 0 Å². The lowest BCUT2D eigenvalue weighted by Gasteiger charge is -2.24. The third-order valence-corrected chi connectivity index (χ3v) is 5.44. The largest absolute Gasteiger partial charge is 0.454 e. The summed E-state index contributed by atoms with van der Waals surface area (Å²) < 4.78 is 11.0. The lowest BCUT2D eigenvalue weighted by atomic mass is 10.0. The molecular formula is C20H16N2O2S. The van der Waals surface area contributed by atoms with E-state index in [1.165, 1.54) is 10.4 Å². The predicted molar refractivity (Wildman–Crippen MR) is 99.7 cm³/mol. The fourth-order valence-electron chi connectivity index (χ4n) is 3.30. The van der Waals surface area contributed by atoms with Crippen LogP contribution in [0.15, 0.2) is 71.1 Å². The van der Waals surface area contributed by atoms with Gasteiger partial charge in [-0.2, -0.15) is 5.10 Å². The highest BCUT2D eigenvalue weighted by Crippen LogP contribution is 2.41. The molecule has 0 saturated carbocycles. The lowest BCUT2D eigenvalue weighted by molar-refractivity contribution is 0.174. The highest BCUT2D eigenvalue weighted by atomic mass is 32.1. The molecule has 0 bridgehead atoms. The molecular weight excluding hydrogens is 332 g/mol. The van der Waals surface area contributed by atoms with Crippen molar-refractivity contribution in [2.45, 2.75) is 12.5 Å². The van der Waals surface area contributed by atoms with Gasteiger partial charge in [0, 0.05) is 6.42 Å². The molecule has 3 heterocycles. The minimum absolute atomic E-state index is 0.147. The van der Waals surface area contributed by atoms with E-state index in [0.29, 0.717) is 6.79 Å². The number of thiophene rings is 1. The number of rotatable bonds is 3. The summed E-state index contributed by atoms with van der Waals surface area (Å²) in [6.07, 6.45) is 0.870. The summed E-state index contributed by atoms with van der Waals surface area (Å²) in [5.74, 6) is 1.63. The van der Waals surface area contributed by atoms with Gasteiger partial charge in [-0.3, -0.25) is 5.01 Å². The monoisotopic (exact) mass is 348 g/mol. The Labute approximate surface area is 149 Å². The van der Waals surface area contributed by atoms with Crippen LogP contribution >= 0.6 is 11.3 Å². The number of hydrazone groups is 1. The number of fused-ring (bicyclic) bond motifs is 1. The van der Waals surface area contributed by atoms with E-state index < -0.39 is 0 Å². The zero-order chi connectivity index (χ0) is 16.6. The van der Waals surface area contributed by atoms with E-state index in [9.17, 15) is 0 Å². The Balaban J connectivity index is 1.56. The smallest absolute Gasteiger partial charge is 0.231 e. The lowest BCUT2D eigenvalue weighted by Crippen LogP contribution is -2.18. The first-order valence-electron chi connectivity index (χ1n) is 8.24. The summed E-state index contributed by atoms with van der Waals surface area (Å²) in [6.45, 7) is 0.294. The molecule has 1 atom stereocenters. The van der Waals surface area contributed by atoms with Crippen molar-refractivity contribution in [2.75, 3.05) is 11.8 Å². The number of benzene rings is 2. The molecule has 2 aromatic carbocycles. The molecule has 2 aliphatic rings. The normalized spacial score (nSPS) is 18.5. The molecule has 5 rings (SSSR count). The quantitative estimate of drug-likeness (QED) is 0.680. The Bertz CT molecular complexity index is 922. The fraction of sp³-hybridized carbons (Fsp3) is 0.150. The molecule has 0 spiro atoms. The number of nitrogens with zero attached hydrogens (tertiary/aromatic N) is 2. The molecule has 1 unspecified atom stereocenters. The molecule has 0 aliphatic carbocycles. The first-order valence-corrected chi connectivity index (χ1v) is 9.12. The van der Waals surface area contributed by atoms with E-state index in [1.54, 1.807) is 11.3 Å². The minimum atomic E-state index is 0.147. The van der Waals surface area contributed by atoms with Crippen LogP contribution in [0.2, 0.25) is 0 Å². The van der Waals surface area contributed by atoms with Gasteiger partial charge in [-0.15, -0.1) is 11.3 Å². The van der Waals surface area contributed by atoms with Crippen LogP contribution in [-0.4, -0.2) is 12.5 Å². The Morgan fingerprint density at radius 3 is 2.68 bits per heavy atom. The second-order valence-electron chi connectivity index (χ2n) is 6.04. The van der Waals surface area contributed by atoms with Crippen molar-refractivity contribution in [3.05, 3.63) is 76.5 Å². The van der Waals surface area contributed by atoms with Gasteiger partial charge >= 0.3 is 0 Å². The van der Waals surface area contributed by atoms with Crippen molar-refractivity contribution >= 4 is 22.7 Å². The van der Waals surface area contributed by atoms with Gasteiger partial charge in [-0.25, -0.2) is 0 Å². The Kier molecular flexibility index (Phi) is 3.45. The summed E-state index contributed by atoms with van der Waals surface area (Å²) in [7, 11) is 0. The second-order valence-corrected chi connectivity index (χ2v) is 6.98. The second kappa shape index (κ2) is 5.93. The van der Waals surface area contributed by atoms with Crippen LogP contribution in [0.4, 0.5) is 5.69 Å².